The predicted molar refractivity (Wildman–Crippen MR) is 59.7 cm³/mol. The Labute approximate surface area is 89.9 Å². The van der Waals surface area contributed by atoms with Gasteiger partial charge in [0.05, 0.1) is 6.10 Å². The summed E-state index contributed by atoms with van der Waals surface area (Å²) < 4.78 is 0. The molecule has 0 saturated carbocycles. The van der Waals surface area contributed by atoms with Crippen LogP contribution in [-0.4, -0.2) is 18.2 Å². The summed E-state index contributed by atoms with van der Waals surface area (Å²) in [6.45, 7) is 5.42. The Morgan fingerprint density at radius 2 is 2.21 bits per heavy atom. The van der Waals surface area contributed by atoms with E-state index < -0.39 is 6.10 Å². The maximum absolute atomic E-state index is 9.82. The Hall–Kier alpha value is -0.570. The molecule has 78 valence electrons. The van der Waals surface area contributed by atoms with Crippen LogP contribution in [0.2, 0.25) is 5.02 Å². The summed E-state index contributed by atoms with van der Waals surface area (Å²) in [6.07, 6.45) is -0.452. The van der Waals surface area contributed by atoms with Crippen molar-refractivity contribution in [2.45, 2.75) is 20.0 Å². The van der Waals surface area contributed by atoms with E-state index in [0.717, 1.165) is 17.7 Å². The Morgan fingerprint density at radius 3 is 2.79 bits per heavy atom. The highest BCUT2D eigenvalue weighted by Crippen LogP contribution is 2.20. The molecule has 1 rings (SSSR count). The van der Waals surface area contributed by atoms with E-state index in [-0.39, 0.29) is 0 Å². The van der Waals surface area contributed by atoms with Crippen LogP contribution in [0.15, 0.2) is 18.2 Å². The summed E-state index contributed by atoms with van der Waals surface area (Å²) in [6, 6.07) is 5.55. The minimum Gasteiger partial charge on any atom is -0.387 e. The van der Waals surface area contributed by atoms with Gasteiger partial charge in [0.15, 0.2) is 0 Å². The van der Waals surface area contributed by atoms with E-state index in [9.17, 15) is 5.11 Å². The van der Waals surface area contributed by atoms with Crippen LogP contribution in [0.3, 0.4) is 0 Å². The topological polar surface area (TPSA) is 32.3 Å². The van der Waals surface area contributed by atoms with Crippen molar-refractivity contribution in [3.05, 3.63) is 34.3 Å². The van der Waals surface area contributed by atoms with Crippen molar-refractivity contribution in [1.82, 2.24) is 5.32 Å². The number of likely N-dealkylation sites (N-methyl/N-ethyl adjacent to an activating group) is 1. The summed E-state index contributed by atoms with van der Waals surface area (Å²) in [4.78, 5) is 0. The van der Waals surface area contributed by atoms with Crippen LogP contribution in [-0.2, 0) is 0 Å². The van der Waals surface area contributed by atoms with E-state index in [1.54, 1.807) is 6.07 Å². The van der Waals surface area contributed by atoms with Crippen molar-refractivity contribution in [1.29, 1.82) is 0 Å². The first-order valence-electron chi connectivity index (χ1n) is 4.80. The van der Waals surface area contributed by atoms with Crippen LogP contribution in [0.25, 0.3) is 0 Å². The van der Waals surface area contributed by atoms with Crippen LogP contribution >= 0.6 is 11.6 Å². The smallest absolute Gasteiger partial charge is 0.0916 e. The zero-order valence-corrected chi connectivity index (χ0v) is 9.30. The van der Waals surface area contributed by atoms with Gasteiger partial charge in [-0.05, 0) is 36.7 Å². The first-order chi connectivity index (χ1) is 6.65. The van der Waals surface area contributed by atoms with Crippen molar-refractivity contribution >= 4 is 11.6 Å². The summed E-state index contributed by atoms with van der Waals surface area (Å²) in [5.74, 6) is 0. The van der Waals surface area contributed by atoms with Gasteiger partial charge in [0, 0.05) is 11.6 Å². The molecule has 0 aliphatic carbocycles. The van der Waals surface area contributed by atoms with Gasteiger partial charge in [-0.2, -0.15) is 0 Å². The second kappa shape index (κ2) is 5.35. The number of aliphatic hydroxyl groups excluding tert-OH is 1. The fourth-order valence-corrected chi connectivity index (χ4v) is 1.63. The van der Waals surface area contributed by atoms with E-state index in [1.807, 2.05) is 26.0 Å². The molecule has 0 amide bonds. The third kappa shape index (κ3) is 2.98. The highest BCUT2D eigenvalue weighted by Gasteiger charge is 2.09. The van der Waals surface area contributed by atoms with Crippen molar-refractivity contribution in [2.24, 2.45) is 0 Å². The maximum atomic E-state index is 9.82. The molecule has 1 atom stereocenters. The van der Waals surface area contributed by atoms with Gasteiger partial charge in [-0.3, -0.25) is 0 Å². The molecule has 0 bridgehead atoms. The number of halogens is 1. The Bertz CT molecular complexity index is 301. The maximum Gasteiger partial charge on any atom is 0.0916 e. The van der Waals surface area contributed by atoms with Gasteiger partial charge < -0.3 is 10.4 Å². The van der Waals surface area contributed by atoms with Crippen molar-refractivity contribution < 1.29 is 5.11 Å². The average molecular weight is 214 g/mol. The molecule has 14 heavy (non-hydrogen) atoms. The fourth-order valence-electron chi connectivity index (χ4n) is 1.40. The molecule has 0 saturated heterocycles. The van der Waals surface area contributed by atoms with Gasteiger partial charge in [0.2, 0.25) is 0 Å². The number of nitrogens with one attached hydrogen (secondary N) is 1. The second-order valence-corrected chi connectivity index (χ2v) is 3.76. The average Bonchev–Trinajstić information content (AvgIpc) is 2.14. The Kier molecular flexibility index (Phi) is 4.39. The molecule has 0 aromatic heterocycles. The van der Waals surface area contributed by atoms with E-state index in [4.69, 9.17) is 11.6 Å². The van der Waals surface area contributed by atoms with Crippen LogP contribution in [0, 0.1) is 6.92 Å². The highest BCUT2D eigenvalue weighted by atomic mass is 35.5. The number of hydrogen-bond donors (Lipinski definition) is 2. The largest absolute Gasteiger partial charge is 0.387 e. The summed E-state index contributed by atoms with van der Waals surface area (Å²) in [7, 11) is 0. The quantitative estimate of drug-likeness (QED) is 0.805. The summed E-state index contributed by atoms with van der Waals surface area (Å²) in [5, 5.41) is 13.6. The van der Waals surface area contributed by atoms with Gasteiger partial charge in [-0.15, -0.1) is 0 Å². The van der Waals surface area contributed by atoms with E-state index >= 15 is 0 Å². The lowest BCUT2D eigenvalue weighted by Crippen LogP contribution is -2.21. The minimum atomic E-state index is -0.452. The first kappa shape index (κ1) is 11.5. The van der Waals surface area contributed by atoms with E-state index in [0.29, 0.717) is 11.6 Å². The second-order valence-electron chi connectivity index (χ2n) is 3.32. The molecular formula is C11H16ClNO. The molecule has 2 N–H and O–H groups in total. The van der Waals surface area contributed by atoms with Crippen LogP contribution < -0.4 is 5.32 Å². The SMILES string of the molecule is CCNCC(O)c1ccc(Cl)cc1C. The molecule has 3 heteroatoms. The van der Waals surface area contributed by atoms with Crippen LogP contribution in [0.5, 0.6) is 0 Å². The molecule has 0 radical (unpaired) electrons. The van der Waals surface area contributed by atoms with E-state index in [2.05, 4.69) is 5.32 Å². The zero-order chi connectivity index (χ0) is 10.6. The van der Waals surface area contributed by atoms with Crippen molar-refractivity contribution in [2.75, 3.05) is 13.1 Å². The number of aryl methyl sites for hydroxylation is 1. The highest BCUT2D eigenvalue weighted by molar-refractivity contribution is 6.30. The standard InChI is InChI=1S/C11H16ClNO/c1-3-13-7-11(14)10-5-4-9(12)6-8(10)2/h4-6,11,13-14H,3,7H2,1-2H3. The molecule has 1 aromatic rings. The third-order valence-corrected chi connectivity index (χ3v) is 2.41. The van der Waals surface area contributed by atoms with Gasteiger partial charge in [0.25, 0.3) is 0 Å². The number of aliphatic hydroxyl groups is 1. The van der Waals surface area contributed by atoms with Crippen molar-refractivity contribution in [3.63, 3.8) is 0 Å². The predicted octanol–water partition coefficient (Wildman–Crippen LogP) is 2.29. The molecule has 1 aromatic carbocycles. The lowest BCUT2D eigenvalue weighted by Gasteiger charge is -2.14. The molecule has 1 unspecified atom stereocenters. The molecule has 0 aliphatic heterocycles. The molecule has 2 nitrogen and oxygen atoms in total. The zero-order valence-electron chi connectivity index (χ0n) is 8.55. The third-order valence-electron chi connectivity index (χ3n) is 2.18. The normalized spacial score (nSPS) is 12.9. The lowest BCUT2D eigenvalue weighted by molar-refractivity contribution is 0.175. The summed E-state index contributed by atoms with van der Waals surface area (Å²) in [5.41, 5.74) is 1.97. The van der Waals surface area contributed by atoms with Gasteiger partial charge in [-0.1, -0.05) is 24.6 Å². The monoisotopic (exact) mass is 213 g/mol. The number of benzene rings is 1. The van der Waals surface area contributed by atoms with Crippen LogP contribution in [0.1, 0.15) is 24.2 Å². The molecule has 0 spiro atoms. The van der Waals surface area contributed by atoms with E-state index in [1.165, 1.54) is 0 Å². The minimum absolute atomic E-state index is 0.452. The molecular weight excluding hydrogens is 198 g/mol. The van der Waals surface area contributed by atoms with Crippen LogP contribution in [0.4, 0.5) is 0 Å². The van der Waals surface area contributed by atoms with Crippen molar-refractivity contribution in [3.8, 4) is 0 Å². The lowest BCUT2D eigenvalue weighted by atomic mass is 10.0. The molecule has 0 heterocycles. The van der Waals surface area contributed by atoms with Gasteiger partial charge in [0.1, 0.15) is 0 Å². The summed E-state index contributed by atoms with van der Waals surface area (Å²) >= 11 is 5.83. The Morgan fingerprint density at radius 1 is 1.50 bits per heavy atom. The molecule has 0 fully saturated rings. The van der Waals surface area contributed by atoms with Gasteiger partial charge in [-0.25, -0.2) is 0 Å². The fraction of sp³-hybridized carbons (Fsp3) is 0.455. The first-order valence-corrected chi connectivity index (χ1v) is 5.17. The molecule has 0 aliphatic rings. The Balaban J connectivity index is 2.74. The van der Waals surface area contributed by atoms with Gasteiger partial charge >= 0.3 is 0 Å². The number of rotatable bonds is 4. The number of hydrogen-bond acceptors (Lipinski definition) is 2.